The molecule has 3 heteroatoms. The number of allylic oxidation sites excluding steroid dienone is 1. The highest BCUT2D eigenvalue weighted by Gasteiger charge is 2.03. The predicted octanol–water partition coefficient (Wildman–Crippen LogP) is 4.22. The maximum atomic E-state index is 12.2. The number of methoxy groups -OCH3 is 1. The summed E-state index contributed by atoms with van der Waals surface area (Å²) in [5.74, 6) is 0.765. The van der Waals surface area contributed by atoms with Gasteiger partial charge in [-0.2, -0.15) is 0 Å². The van der Waals surface area contributed by atoms with E-state index in [1.165, 1.54) is 5.56 Å². The molecule has 2 aromatic rings. The minimum absolute atomic E-state index is 0.00111. The second-order valence-corrected chi connectivity index (χ2v) is 5.41. The molecule has 0 aromatic heterocycles. The molecule has 0 heterocycles. The van der Waals surface area contributed by atoms with Crippen molar-refractivity contribution in [1.82, 2.24) is 0 Å². The van der Waals surface area contributed by atoms with Crippen molar-refractivity contribution in [3.63, 3.8) is 0 Å². The van der Waals surface area contributed by atoms with E-state index in [2.05, 4.69) is 0 Å². The summed E-state index contributed by atoms with van der Waals surface area (Å²) in [5, 5.41) is 0. The van der Waals surface area contributed by atoms with Gasteiger partial charge in [-0.1, -0.05) is 30.3 Å². The Morgan fingerprint density at radius 2 is 1.87 bits per heavy atom. The SMILES string of the molecule is COCCOc1cccc(C=CC(=O)c2ccc(C)c(C)c2)c1. The van der Waals surface area contributed by atoms with Crippen LogP contribution in [0.3, 0.4) is 0 Å². The molecule has 0 aliphatic rings. The Balaban J connectivity index is 2.05. The highest BCUT2D eigenvalue weighted by molar-refractivity contribution is 6.06. The van der Waals surface area contributed by atoms with Crippen LogP contribution in [0.5, 0.6) is 5.75 Å². The third-order valence-electron chi connectivity index (χ3n) is 3.63. The van der Waals surface area contributed by atoms with Crippen molar-refractivity contribution in [1.29, 1.82) is 0 Å². The topological polar surface area (TPSA) is 35.5 Å². The van der Waals surface area contributed by atoms with E-state index in [0.717, 1.165) is 16.9 Å². The van der Waals surface area contributed by atoms with Crippen molar-refractivity contribution >= 4 is 11.9 Å². The van der Waals surface area contributed by atoms with Crippen LogP contribution in [-0.4, -0.2) is 26.1 Å². The number of carbonyl (C=O) groups excluding carboxylic acids is 1. The van der Waals surface area contributed by atoms with Crippen LogP contribution in [0, 0.1) is 13.8 Å². The molecule has 0 bridgehead atoms. The van der Waals surface area contributed by atoms with Gasteiger partial charge in [-0.25, -0.2) is 0 Å². The minimum Gasteiger partial charge on any atom is -0.491 e. The van der Waals surface area contributed by atoms with E-state index in [1.807, 2.05) is 56.3 Å². The largest absolute Gasteiger partial charge is 0.491 e. The lowest BCUT2D eigenvalue weighted by Crippen LogP contribution is -2.04. The van der Waals surface area contributed by atoms with Gasteiger partial charge < -0.3 is 9.47 Å². The fourth-order valence-corrected chi connectivity index (χ4v) is 2.11. The molecule has 0 radical (unpaired) electrons. The van der Waals surface area contributed by atoms with Gasteiger partial charge in [0.05, 0.1) is 6.61 Å². The van der Waals surface area contributed by atoms with Crippen LogP contribution in [0.4, 0.5) is 0 Å². The Kier molecular flexibility index (Phi) is 6.12. The summed E-state index contributed by atoms with van der Waals surface area (Å²) in [7, 11) is 1.64. The summed E-state index contributed by atoms with van der Waals surface area (Å²) >= 11 is 0. The number of ketones is 1. The zero-order valence-corrected chi connectivity index (χ0v) is 13.8. The first-order valence-electron chi connectivity index (χ1n) is 7.61. The van der Waals surface area contributed by atoms with Crippen LogP contribution in [0.2, 0.25) is 0 Å². The molecule has 0 amide bonds. The van der Waals surface area contributed by atoms with Gasteiger partial charge in [0.2, 0.25) is 0 Å². The normalized spacial score (nSPS) is 10.9. The summed E-state index contributed by atoms with van der Waals surface area (Å²) in [6, 6.07) is 13.4. The third kappa shape index (κ3) is 5.08. The van der Waals surface area contributed by atoms with E-state index in [4.69, 9.17) is 9.47 Å². The quantitative estimate of drug-likeness (QED) is 0.436. The average Bonchev–Trinajstić information content (AvgIpc) is 2.56. The number of benzene rings is 2. The molecule has 0 saturated heterocycles. The first-order valence-corrected chi connectivity index (χ1v) is 7.61. The molecule has 0 fully saturated rings. The lowest BCUT2D eigenvalue weighted by atomic mass is 10.0. The van der Waals surface area contributed by atoms with E-state index in [1.54, 1.807) is 19.3 Å². The first kappa shape index (κ1) is 17.0. The summed E-state index contributed by atoms with van der Waals surface area (Å²) in [4.78, 5) is 12.2. The molecule has 0 N–H and O–H groups in total. The number of rotatable bonds is 7. The molecule has 0 saturated carbocycles. The number of ether oxygens (including phenoxy) is 2. The Hall–Kier alpha value is -2.39. The lowest BCUT2D eigenvalue weighted by molar-refractivity contribution is 0.104. The van der Waals surface area contributed by atoms with Gasteiger partial charge >= 0.3 is 0 Å². The molecule has 0 aliphatic heterocycles. The van der Waals surface area contributed by atoms with Crippen LogP contribution in [0.1, 0.15) is 27.0 Å². The van der Waals surface area contributed by atoms with Crippen molar-refractivity contribution in [3.05, 3.63) is 70.8 Å². The van der Waals surface area contributed by atoms with Gasteiger partial charge in [0.1, 0.15) is 12.4 Å². The van der Waals surface area contributed by atoms with Crippen molar-refractivity contribution in [2.45, 2.75) is 13.8 Å². The zero-order valence-electron chi connectivity index (χ0n) is 13.8. The fourth-order valence-electron chi connectivity index (χ4n) is 2.11. The van der Waals surface area contributed by atoms with E-state index >= 15 is 0 Å². The number of hydrogen-bond acceptors (Lipinski definition) is 3. The average molecular weight is 310 g/mol. The van der Waals surface area contributed by atoms with Crippen LogP contribution < -0.4 is 4.74 Å². The molecule has 23 heavy (non-hydrogen) atoms. The van der Waals surface area contributed by atoms with Crippen molar-refractivity contribution in [2.75, 3.05) is 20.3 Å². The molecule has 0 atom stereocenters. The van der Waals surface area contributed by atoms with Crippen LogP contribution in [0.15, 0.2) is 48.5 Å². The molecule has 120 valence electrons. The Morgan fingerprint density at radius 3 is 2.61 bits per heavy atom. The Bertz CT molecular complexity index is 702. The summed E-state index contributed by atoms with van der Waals surface area (Å²) in [5.41, 5.74) is 3.94. The monoisotopic (exact) mass is 310 g/mol. The molecular formula is C20H22O3. The molecule has 3 nitrogen and oxygen atoms in total. The molecule has 2 aromatic carbocycles. The first-order chi connectivity index (χ1) is 11.1. The Morgan fingerprint density at radius 1 is 1.04 bits per heavy atom. The third-order valence-corrected chi connectivity index (χ3v) is 3.63. The molecule has 0 spiro atoms. The summed E-state index contributed by atoms with van der Waals surface area (Å²) in [6.07, 6.45) is 3.40. The zero-order chi connectivity index (χ0) is 16.7. The molecule has 0 aliphatic carbocycles. The van der Waals surface area contributed by atoms with E-state index < -0.39 is 0 Å². The second-order valence-electron chi connectivity index (χ2n) is 5.41. The van der Waals surface area contributed by atoms with E-state index in [-0.39, 0.29) is 5.78 Å². The van der Waals surface area contributed by atoms with Crippen molar-refractivity contribution in [3.8, 4) is 5.75 Å². The van der Waals surface area contributed by atoms with Gasteiger partial charge in [-0.05, 0) is 54.8 Å². The standard InChI is InChI=1S/C20H22O3/c1-15-7-9-18(13-16(15)2)20(21)10-8-17-5-4-6-19(14-17)23-12-11-22-3/h4-10,13-14H,11-12H2,1-3H3. The van der Waals surface area contributed by atoms with Crippen LogP contribution >= 0.6 is 0 Å². The molecular weight excluding hydrogens is 288 g/mol. The summed E-state index contributed by atoms with van der Waals surface area (Å²) in [6.45, 7) is 5.10. The van der Waals surface area contributed by atoms with E-state index in [0.29, 0.717) is 18.8 Å². The van der Waals surface area contributed by atoms with Gasteiger partial charge in [0.15, 0.2) is 5.78 Å². The second kappa shape index (κ2) is 8.30. The van der Waals surface area contributed by atoms with E-state index in [9.17, 15) is 4.79 Å². The van der Waals surface area contributed by atoms with Gasteiger partial charge in [-0.15, -0.1) is 0 Å². The lowest BCUT2D eigenvalue weighted by Gasteiger charge is -2.06. The minimum atomic E-state index is -0.00111. The predicted molar refractivity (Wildman–Crippen MR) is 93.1 cm³/mol. The summed E-state index contributed by atoms with van der Waals surface area (Å²) < 4.78 is 10.5. The van der Waals surface area contributed by atoms with Crippen molar-refractivity contribution in [2.24, 2.45) is 0 Å². The maximum Gasteiger partial charge on any atom is 0.185 e. The van der Waals surface area contributed by atoms with Gasteiger partial charge in [-0.3, -0.25) is 4.79 Å². The highest BCUT2D eigenvalue weighted by Crippen LogP contribution is 2.16. The highest BCUT2D eigenvalue weighted by atomic mass is 16.5. The van der Waals surface area contributed by atoms with Crippen LogP contribution in [-0.2, 0) is 4.74 Å². The van der Waals surface area contributed by atoms with Gasteiger partial charge in [0, 0.05) is 12.7 Å². The smallest absolute Gasteiger partial charge is 0.185 e. The molecule has 0 unspecified atom stereocenters. The number of aryl methyl sites for hydroxylation is 2. The fraction of sp³-hybridized carbons (Fsp3) is 0.250. The molecule has 2 rings (SSSR count). The van der Waals surface area contributed by atoms with Gasteiger partial charge in [0.25, 0.3) is 0 Å². The Labute approximate surface area is 137 Å². The van der Waals surface area contributed by atoms with Crippen LogP contribution in [0.25, 0.3) is 6.08 Å². The number of carbonyl (C=O) groups is 1. The number of hydrogen-bond donors (Lipinski definition) is 0. The maximum absolute atomic E-state index is 12.2. The van der Waals surface area contributed by atoms with Crippen molar-refractivity contribution < 1.29 is 14.3 Å².